The average Bonchev–Trinajstić information content (AvgIpc) is 2.80. The van der Waals surface area contributed by atoms with Gasteiger partial charge in [0.05, 0.1) is 5.56 Å². The third kappa shape index (κ3) is 7.03. The minimum Gasteiger partial charge on any atom is -0.478 e. The molecule has 0 bridgehead atoms. The Labute approximate surface area is 188 Å². The predicted octanol–water partition coefficient (Wildman–Crippen LogP) is 6.35. The third-order valence-electron chi connectivity index (χ3n) is 4.74. The van der Waals surface area contributed by atoms with Crippen LogP contribution >= 0.6 is 0 Å². The van der Waals surface area contributed by atoms with Gasteiger partial charge >= 0.3 is 13.2 Å². The summed E-state index contributed by atoms with van der Waals surface area (Å²) in [4.78, 5) is 11.8. The lowest BCUT2D eigenvalue weighted by Gasteiger charge is -2.11. The Kier molecular flexibility index (Phi) is 7.61. The maximum atomic E-state index is 11.8. The fraction of sp³-hybridized carbons (Fsp3) is 0.0400. The zero-order chi connectivity index (χ0) is 23.8. The zero-order valence-electron chi connectivity index (χ0n) is 17.4. The number of aromatic carboxylic acids is 1. The summed E-state index contributed by atoms with van der Waals surface area (Å²) in [5.74, 6) is -0.929. The van der Waals surface area contributed by atoms with E-state index in [1.54, 1.807) is 12.1 Å². The number of hydrogen-bond donors (Lipinski definition) is 1. The van der Waals surface area contributed by atoms with Crippen LogP contribution < -0.4 is 4.57 Å². The highest BCUT2D eigenvalue weighted by atomic mass is 19.5. The van der Waals surface area contributed by atoms with Crippen LogP contribution in [0, 0.1) is 0 Å². The monoisotopic (exact) mass is 453 g/mol. The molecule has 0 aliphatic rings. The number of halogens is 4. The van der Waals surface area contributed by atoms with Crippen LogP contribution in [0.25, 0.3) is 22.5 Å². The number of aromatic nitrogens is 1. The molecular weight excluding hydrogens is 433 g/mol. The molecule has 0 aliphatic heterocycles. The normalized spacial score (nSPS) is 10.8. The van der Waals surface area contributed by atoms with E-state index in [-0.39, 0.29) is 5.56 Å². The maximum absolute atomic E-state index is 11.8. The molecular formula is C25H20BF4NO2. The van der Waals surface area contributed by atoms with Crippen LogP contribution in [0.2, 0.25) is 0 Å². The summed E-state index contributed by atoms with van der Waals surface area (Å²) < 4.78 is 41.2. The van der Waals surface area contributed by atoms with Gasteiger partial charge in [-0.3, -0.25) is 0 Å². The Hall–Kier alpha value is -3.94. The highest BCUT2D eigenvalue weighted by Gasteiger charge is 2.24. The van der Waals surface area contributed by atoms with Crippen LogP contribution in [-0.4, -0.2) is 18.3 Å². The van der Waals surface area contributed by atoms with Gasteiger partial charge in [-0.2, -0.15) is 4.57 Å². The summed E-state index contributed by atoms with van der Waals surface area (Å²) >= 11 is 0. The van der Waals surface area contributed by atoms with Gasteiger partial charge in [0, 0.05) is 28.8 Å². The Morgan fingerprint density at radius 1 is 0.697 bits per heavy atom. The van der Waals surface area contributed by atoms with Crippen LogP contribution in [0.4, 0.5) is 17.3 Å². The molecule has 0 spiro atoms. The fourth-order valence-electron chi connectivity index (χ4n) is 3.38. The van der Waals surface area contributed by atoms with Gasteiger partial charge in [0.2, 0.25) is 11.4 Å². The molecule has 3 aromatic carbocycles. The summed E-state index contributed by atoms with van der Waals surface area (Å²) in [5, 5.41) is 9.70. The van der Waals surface area contributed by atoms with Crippen LogP contribution in [0.3, 0.4) is 0 Å². The maximum Gasteiger partial charge on any atom is 0.673 e. The van der Waals surface area contributed by atoms with Gasteiger partial charge in [-0.1, -0.05) is 66.7 Å². The second-order valence-corrected chi connectivity index (χ2v) is 7.12. The van der Waals surface area contributed by atoms with Crippen molar-refractivity contribution in [2.24, 2.45) is 0 Å². The predicted molar refractivity (Wildman–Crippen MR) is 120 cm³/mol. The van der Waals surface area contributed by atoms with Crippen molar-refractivity contribution >= 4 is 13.2 Å². The summed E-state index contributed by atoms with van der Waals surface area (Å²) in [5.41, 5.74) is 5.16. The molecule has 0 fully saturated rings. The number of rotatable bonds is 5. The fourth-order valence-corrected chi connectivity index (χ4v) is 3.38. The van der Waals surface area contributed by atoms with Gasteiger partial charge in [-0.15, -0.1) is 0 Å². The van der Waals surface area contributed by atoms with Crippen LogP contribution in [0.15, 0.2) is 103 Å². The van der Waals surface area contributed by atoms with Crippen molar-refractivity contribution in [1.82, 2.24) is 0 Å². The number of nitrogens with zero attached hydrogens (tertiary/aromatic N) is 1. The summed E-state index contributed by atoms with van der Waals surface area (Å²) in [7, 11) is -6.00. The first kappa shape index (κ1) is 23.7. The molecule has 168 valence electrons. The Morgan fingerprint density at radius 2 is 1.06 bits per heavy atom. The first-order valence-electron chi connectivity index (χ1n) is 10.1. The first-order valence-corrected chi connectivity index (χ1v) is 10.1. The minimum absolute atomic E-state index is 0.280. The molecule has 1 N–H and O–H groups in total. The number of carboxylic acids is 1. The van der Waals surface area contributed by atoms with Crippen LogP contribution in [0.5, 0.6) is 0 Å². The van der Waals surface area contributed by atoms with Gasteiger partial charge < -0.3 is 22.4 Å². The lowest BCUT2D eigenvalue weighted by molar-refractivity contribution is -0.666. The molecule has 0 unspecified atom stereocenters. The summed E-state index contributed by atoms with van der Waals surface area (Å²) in [6.07, 6.45) is 0. The lowest BCUT2D eigenvalue weighted by Crippen LogP contribution is -2.40. The zero-order valence-corrected chi connectivity index (χ0v) is 17.4. The van der Waals surface area contributed by atoms with Crippen LogP contribution in [0.1, 0.15) is 15.9 Å². The van der Waals surface area contributed by atoms with E-state index in [9.17, 15) is 27.2 Å². The molecule has 1 heterocycles. The molecule has 0 radical (unpaired) electrons. The van der Waals surface area contributed by atoms with Gasteiger partial charge in [0.15, 0.2) is 6.54 Å². The van der Waals surface area contributed by atoms with Gasteiger partial charge in [-0.05, 0) is 24.3 Å². The van der Waals surface area contributed by atoms with Crippen molar-refractivity contribution in [2.45, 2.75) is 6.54 Å². The quantitative estimate of drug-likeness (QED) is 0.217. The molecule has 0 saturated carbocycles. The number of pyridine rings is 1. The molecule has 0 aliphatic carbocycles. The largest absolute Gasteiger partial charge is 0.673 e. The minimum atomic E-state index is -6.00. The molecule has 33 heavy (non-hydrogen) atoms. The van der Waals surface area contributed by atoms with E-state index in [0.29, 0.717) is 6.54 Å². The Bertz CT molecular complexity index is 1140. The highest BCUT2D eigenvalue weighted by Crippen LogP contribution is 2.24. The van der Waals surface area contributed by atoms with Crippen molar-refractivity contribution in [2.75, 3.05) is 0 Å². The number of carbonyl (C=O) groups is 1. The second kappa shape index (κ2) is 10.6. The topological polar surface area (TPSA) is 41.2 Å². The van der Waals surface area contributed by atoms with E-state index >= 15 is 0 Å². The smallest absolute Gasteiger partial charge is 0.478 e. The Morgan fingerprint density at radius 3 is 1.42 bits per heavy atom. The SMILES string of the molecule is F[B-](F)(F)F.O=C(O)c1cc(-c2ccccc2)[n+](Cc2ccccc2)c(-c2ccccc2)c1. The van der Waals surface area contributed by atoms with E-state index in [1.807, 2.05) is 78.9 Å². The van der Waals surface area contributed by atoms with Crippen molar-refractivity contribution in [3.63, 3.8) is 0 Å². The molecule has 0 atom stereocenters. The molecule has 8 heteroatoms. The van der Waals surface area contributed by atoms with Gasteiger partial charge in [0.25, 0.3) is 0 Å². The van der Waals surface area contributed by atoms with E-state index < -0.39 is 13.2 Å². The van der Waals surface area contributed by atoms with Crippen molar-refractivity contribution in [3.8, 4) is 22.5 Å². The molecule has 0 saturated heterocycles. The third-order valence-corrected chi connectivity index (χ3v) is 4.74. The van der Waals surface area contributed by atoms with Gasteiger partial charge in [-0.25, -0.2) is 4.79 Å². The molecule has 3 nitrogen and oxygen atoms in total. The second-order valence-electron chi connectivity index (χ2n) is 7.12. The Balaban J connectivity index is 0.000000555. The number of carboxylic acid groups (broad SMARTS) is 1. The van der Waals surface area contributed by atoms with E-state index in [1.165, 1.54) is 0 Å². The summed E-state index contributed by atoms with van der Waals surface area (Å²) in [6, 6.07) is 33.6. The highest BCUT2D eigenvalue weighted by molar-refractivity contribution is 6.50. The average molecular weight is 453 g/mol. The van der Waals surface area contributed by atoms with E-state index in [2.05, 4.69) is 16.7 Å². The standard InChI is InChI=1S/C25H19NO2.BF4/c27-25(28)22-16-23(20-12-6-2-7-13-20)26(18-19-10-4-1-5-11-19)24(17-22)21-14-8-3-9-15-21;2-1(3,4)5/h1-17H,18H2;/q;-1/p+1. The van der Waals surface area contributed by atoms with Crippen molar-refractivity contribution in [3.05, 3.63) is 114 Å². The molecule has 4 aromatic rings. The summed E-state index contributed by atoms with van der Waals surface area (Å²) in [6.45, 7) is 0.648. The number of hydrogen-bond acceptors (Lipinski definition) is 1. The van der Waals surface area contributed by atoms with Crippen LogP contribution in [-0.2, 0) is 6.54 Å². The van der Waals surface area contributed by atoms with Crippen molar-refractivity contribution < 1.29 is 31.7 Å². The first-order chi connectivity index (χ1) is 15.7. The van der Waals surface area contributed by atoms with E-state index in [0.717, 1.165) is 28.1 Å². The van der Waals surface area contributed by atoms with Gasteiger partial charge in [0.1, 0.15) is 0 Å². The molecule has 0 amide bonds. The molecule has 1 aromatic heterocycles. The lowest BCUT2D eigenvalue weighted by atomic mass is 10.0. The van der Waals surface area contributed by atoms with E-state index in [4.69, 9.17) is 0 Å². The van der Waals surface area contributed by atoms with Crippen molar-refractivity contribution in [1.29, 1.82) is 0 Å². The molecule has 4 rings (SSSR count). The number of benzene rings is 3.